The van der Waals surface area contributed by atoms with Gasteiger partial charge in [-0.25, -0.2) is 8.42 Å². The van der Waals surface area contributed by atoms with Gasteiger partial charge in [0.15, 0.2) is 0 Å². The van der Waals surface area contributed by atoms with Crippen LogP contribution in [0.25, 0.3) is 0 Å². The van der Waals surface area contributed by atoms with Gasteiger partial charge in [0.25, 0.3) is 5.69 Å². The Morgan fingerprint density at radius 3 is 2.27 bits per heavy atom. The number of hydrogen-bond donors (Lipinski definition) is 1. The van der Waals surface area contributed by atoms with Crippen LogP contribution in [0.2, 0.25) is 0 Å². The van der Waals surface area contributed by atoms with Crippen LogP contribution in [0.1, 0.15) is 38.3 Å². The molecule has 2 rings (SSSR count). The van der Waals surface area contributed by atoms with E-state index in [-0.39, 0.29) is 35.6 Å². The second-order valence-electron chi connectivity index (χ2n) is 8.88. The molecule has 2 amide bonds. The predicted molar refractivity (Wildman–Crippen MR) is 141 cm³/mol. The summed E-state index contributed by atoms with van der Waals surface area (Å²) in [4.78, 5) is 38.5. The zero-order chi connectivity index (χ0) is 27.9. The summed E-state index contributed by atoms with van der Waals surface area (Å²) in [5, 5.41) is 14.2. The van der Waals surface area contributed by atoms with Gasteiger partial charge in [-0.1, -0.05) is 36.8 Å². The van der Waals surface area contributed by atoms with Gasteiger partial charge < -0.3 is 15.0 Å². The monoisotopic (exact) mass is 534 g/mol. The highest BCUT2D eigenvalue weighted by Gasteiger charge is 2.32. The molecule has 2 aromatic carbocycles. The molecular weight excluding hydrogens is 500 g/mol. The maximum absolute atomic E-state index is 13.6. The van der Waals surface area contributed by atoms with Crippen molar-refractivity contribution in [1.82, 2.24) is 10.2 Å². The number of non-ortho nitro benzene ring substituents is 1. The molecule has 0 aliphatic carbocycles. The fourth-order valence-corrected chi connectivity index (χ4v) is 4.36. The average Bonchev–Trinajstić information content (AvgIpc) is 2.85. The van der Waals surface area contributed by atoms with Gasteiger partial charge in [0, 0.05) is 24.7 Å². The number of aryl methyl sites for hydroxylation is 1. The number of rotatable bonds is 12. The average molecular weight is 535 g/mol. The molecule has 2 aromatic rings. The van der Waals surface area contributed by atoms with Gasteiger partial charge in [-0.15, -0.1) is 0 Å². The summed E-state index contributed by atoms with van der Waals surface area (Å²) in [6, 6.07) is 9.84. The summed E-state index contributed by atoms with van der Waals surface area (Å²) in [7, 11) is -2.80. The van der Waals surface area contributed by atoms with Gasteiger partial charge in [-0.2, -0.15) is 0 Å². The predicted octanol–water partition coefficient (Wildman–Crippen LogP) is 3.01. The van der Waals surface area contributed by atoms with Crippen LogP contribution in [0.15, 0.2) is 42.5 Å². The lowest BCUT2D eigenvalue weighted by Crippen LogP contribution is -2.52. The number of sulfonamides is 1. The molecule has 0 bridgehead atoms. The minimum atomic E-state index is -4.09. The Kier molecular flexibility index (Phi) is 10.0. The third-order valence-corrected chi connectivity index (χ3v) is 7.09. The Hall–Kier alpha value is -3.67. The lowest BCUT2D eigenvalue weighted by Gasteiger charge is -2.32. The molecule has 0 aliphatic heterocycles. The Morgan fingerprint density at radius 1 is 1.14 bits per heavy atom. The molecule has 0 unspecified atom stereocenters. The Morgan fingerprint density at radius 2 is 1.76 bits per heavy atom. The van der Waals surface area contributed by atoms with Crippen LogP contribution in [0.4, 0.5) is 11.4 Å². The molecule has 0 spiro atoms. The first-order valence-corrected chi connectivity index (χ1v) is 13.6. The first-order chi connectivity index (χ1) is 17.3. The standard InChI is InChI=1S/C25H34N4O7S/c1-7-18(3)26-25(31)19(4)27(15-20-10-8-17(2)9-11-20)24(30)16-28(37(6,34)35)22-14-21(29(32)33)12-13-23(22)36-5/h8-14,18-19H,7,15-16H2,1-6H3,(H,26,31)/t18-,19-/m1/s1. The van der Waals surface area contributed by atoms with Crippen molar-refractivity contribution in [2.45, 2.75) is 52.7 Å². The normalized spacial score (nSPS) is 12.8. The topological polar surface area (TPSA) is 139 Å². The number of carbonyl (C=O) groups is 2. The van der Waals surface area contributed by atoms with E-state index in [4.69, 9.17) is 4.74 Å². The van der Waals surface area contributed by atoms with Crippen LogP contribution in [-0.4, -0.2) is 62.0 Å². The zero-order valence-electron chi connectivity index (χ0n) is 21.9. The molecular formula is C25H34N4O7S. The third-order valence-electron chi connectivity index (χ3n) is 5.96. The number of hydrogen-bond acceptors (Lipinski definition) is 7. The van der Waals surface area contributed by atoms with Crippen molar-refractivity contribution in [3.8, 4) is 5.75 Å². The van der Waals surface area contributed by atoms with Crippen LogP contribution >= 0.6 is 0 Å². The maximum atomic E-state index is 13.6. The van der Waals surface area contributed by atoms with E-state index in [1.165, 1.54) is 24.1 Å². The van der Waals surface area contributed by atoms with Gasteiger partial charge in [0.2, 0.25) is 21.8 Å². The van der Waals surface area contributed by atoms with E-state index in [1.807, 2.05) is 45.0 Å². The number of methoxy groups -OCH3 is 1. The largest absolute Gasteiger partial charge is 0.495 e. The number of anilines is 1. The van der Waals surface area contributed by atoms with Gasteiger partial charge in [-0.3, -0.25) is 24.0 Å². The highest BCUT2D eigenvalue weighted by Crippen LogP contribution is 2.33. The highest BCUT2D eigenvalue weighted by molar-refractivity contribution is 7.92. The van der Waals surface area contributed by atoms with Gasteiger partial charge >= 0.3 is 0 Å². The summed E-state index contributed by atoms with van der Waals surface area (Å²) >= 11 is 0. The highest BCUT2D eigenvalue weighted by atomic mass is 32.2. The van der Waals surface area contributed by atoms with Crippen molar-refractivity contribution in [1.29, 1.82) is 0 Å². The summed E-state index contributed by atoms with van der Waals surface area (Å²) in [6.07, 6.45) is 1.58. The first kappa shape index (κ1) is 29.6. The number of nitro groups is 1. The summed E-state index contributed by atoms with van der Waals surface area (Å²) < 4.78 is 31.5. The molecule has 0 saturated carbocycles. The van der Waals surface area contributed by atoms with E-state index in [1.54, 1.807) is 6.92 Å². The van der Waals surface area contributed by atoms with Crippen LogP contribution in [0.3, 0.4) is 0 Å². The second kappa shape index (κ2) is 12.5. The molecule has 2 atom stereocenters. The number of carbonyl (C=O) groups excluding carboxylic acids is 2. The van der Waals surface area contributed by atoms with Crippen molar-refractivity contribution >= 4 is 33.2 Å². The second-order valence-corrected chi connectivity index (χ2v) is 10.8. The number of ether oxygens (including phenoxy) is 1. The van der Waals surface area contributed by atoms with Crippen LogP contribution < -0.4 is 14.4 Å². The van der Waals surface area contributed by atoms with Gasteiger partial charge in [-0.05, 0) is 38.8 Å². The fraction of sp³-hybridized carbons (Fsp3) is 0.440. The van der Waals surface area contributed by atoms with E-state index in [0.29, 0.717) is 6.42 Å². The van der Waals surface area contributed by atoms with Crippen molar-refractivity contribution < 1.29 is 27.7 Å². The van der Waals surface area contributed by atoms with Crippen molar-refractivity contribution in [2.75, 3.05) is 24.2 Å². The van der Waals surface area contributed by atoms with E-state index in [0.717, 1.165) is 27.8 Å². The van der Waals surface area contributed by atoms with E-state index >= 15 is 0 Å². The summed E-state index contributed by atoms with van der Waals surface area (Å²) in [5.74, 6) is -1.00. The maximum Gasteiger partial charge on any atom is 0.271 e. The minimum absolute atomic E-state index is 0.0384. The molecule has 0 aromatic heterocycles. The lowest BCUT2D eigenvalue weighted by atomic mass is 10.1. The molecule has 37 heavy (non-hydrogen) atoms. The minimum Gasteiger partial charge on any atom is -0.495 e. The molecule has 0 saturated heterocycles. The van der Waals surface area contributed by atoms with Crippen molar-refractivity contribution in [3.63, 3.8) is 0 Å². The molecule has 0 fully saturated rings. The Bertz CT molecular complexity index is 1230. The van der Waals surface area contributed by atoms with E-state index in [9.17, 15) is 28.1 Å². The molecule has 0 heterocycles. The van der Waals surface area contributed by atoms with E-state index in [2.05, 4.69) is 5.32 Å². The number of nitrogens with zero attached hydrogens (tertiary/aromatic N) is 3. The number of amides is 2. The van der Waals surface area contributed by atoms with E-state index < -0.39 is 33.4 Å². The molecule has 12 heteroatoms. The van der Waals surface area contributed by atoms with Gasteiger partial charge in [0.1, 0.15) is 24.0 Å². The molecule has 11 nitrogen and oxygen atoms in total. The first-order valence-electron chi connectivity index (χ1n) is 11.7. The third kappa shape index (κ3) is 7.91. The van der Waals surface area contributed by atoms with Crippen LogP contribution in [-0.2, 0) is 26.2 Å². The Balaban J connectivity index is 2.50. The molecule has 0 aliphatic rings. The number of nitrogens with one attached hydrogen (secondary N) is 1. The van der Waals surface area contributed by atoms with Gasteiger partial charge in [0.05, 0.1) is 18.3 Å². The quantitative estimate of drug-likeness (QED) is 0.326. The number of nitro benzene ring substituents is 1. The van der Waals surface area contributed by atoms with Crippen molar-refractivity contribution in [2.24, 2.45) is 0 Å². The molecule has 202 valence electrons. The SMILES string of the molecule is CC[C@@H](C)NC(=O)[C@@H](C)N(Cc1ccc(C)cc1)C(=O)CN(c1cc([N+](=O)[O-])ccc1OC)S(C)(=O)=O. The lowest BCUT2D eigenvalue weighted by molar-refractivity contribution is -0.384. The van der Waals surface area contributed by atoms with Crippen molar-refractivity contribution in [3.05, 3.63) is 63.7 Å². The van der Waals surface area contributed by atoms with Crippen LogP contribution in [0.5, 0.6) is 5.75 Å². The summed E-state index contributed by atoms with van der Waals surface area (Å²) in [5.41, 5.74) is 1.25. The zero-order valence-corrected chi connectivity index (χ0v) is 22.7. The Labute approximate surface area is 217 Å². The smallest absolute Gasteiger partial charge is 0.271 e. The molecule has 1 N–H and O–H groups in total. The fourth-order valence-electron chi connectivity index (χ4n) is 3.52. The van der Waals surface area contributed by atoms with Crippen LogP contribution in [0, 0.1) is 17.0 Å². The number of benzene rings is 2. The molecule has 0 radical (unpaired) electrons. The summed E-state index contributed by atoms with van der Waals surface area (Å²) in [6.45, 7) is 6.62.